The van der Waals surface area contributed by atoms with Crippen LogP contribution in [0.2, 0.25) is 5.02 Å². The minimum absolute atomic E-state index is 0.217. The van der Waals surface area contributed by atoms with Crippen molar-refractivity contribution in [2.75, 3.05) is 0 Å². The van der Waals surface area contributed by atoms with Crippen molar-refractivity contribution in [1.29, 1.82) is 0 Å². The van der Waals surface area contributed by atoms with Gasteiger partial charge in [0.15, 0.2) is 0 Å². The molecule has 0 aliphatic rings. The largest absolute Gasteiger partial charge is 0.386 e. The van der Waals surface area contributed by atoms with Crippen LogP contribution in [-0.4, -0.2) is 14.9 Å². The Kier molecular flexibility index (Phi) is 4.61. The van der Waals surface area contributed by atoms with E-state index in [1.54, 1.807) is 10.9 Å². The van der Waals surface area contributed by atoms with Gasteiger partial charge in [0.05, 0.1) is 23.0 Å². The van der Waals surface area contributed by atoms with E-state index < -0.39 is 6.10 Å². The monoisotopic (exact) mass is 230 g/mol. The van der Waals surface area contributed by atoms with Gasteiger partial charge in [0, 0.05) is 6.54 Å². The van der Waals surface area contributed by atoms with Crippen molar-refractivity contribution in [2.45, 2.75) is 46.3 Å². The Morgan fingerprint density at radius 2 is 2.20 bits per heavy atom. The predicted molar refractivity (Wildman–Crippen MR) is 61.9 cm³/mol. The Bertz CT molecular complexity index is 312. The number of aromatic nitrogens is 2. The second kappa shape index (κ2) is 5.52. The molecule has 0 aromatic carbocycles. The minimum Gasteiger partial charge on any atom is -0.386 e. The molecule has 1 N–H and O–H groups in total. The van der Waals surface area contributed by atoms with Crippen molar-refractivity contribution in [1.82, 2.24) is 9.78 Å². The van der Waals surface area contributed by atoms with E-state index in [0.717, 1.165) is 25.1 Å². The molecule has 1 aromatic heterocycles. The van der Waals surface area contributed by atoms with Crippen LogP contribution in [-0.2, 0) is 6.54 Å². The summed E-state index contributed by atoms with van der Waals surface area (Å²) in [6, 6.07) is 0. The second-order valence-electron chi connectivity index (χ2n) is 3.90. The van der Waals surface area contributed by atoms with Crippen molar-refractivity contribution in [2.24, 2.45) is 5.92 Å². The summed E-state index contributed by atoms with van der Waals surface area (Å²) < 4.78 is 1.76. The van der Waals surface area contributed by atoms with Crippen LogP contribution in [0.25, 0.3) is 0 Å². The summed E-state index contributed by atoms with van der Waals surface area (Å²) in [6.45, 7) is 6.88. The fourth-order valence-electron chi connectivity index (χ4n) is 1.80. The van der Waals surface area contributed by atoms with Gasteiger partial charge in [-0.15, -0.1) is 0 Å². The van der Waals surface area contributed by atoms with Crippen LogP contribution in [0.5, 0.6) is 0 Å². The molecule has 0 amide bonds. The molecular weight excluding hydrogens is 212 g/mol. The van der Waals surface area contributed by atoms with Gasteiger partial charge in [-0.3, -0.25) is 4.68 Å². The average molecular weight is 231 g/mol. The zero-order valence-corrected chi connectivity index (χ0v) is 10.3. The van der Waals surface area contributed by atoms with Gasteiger partial charge in [-0.2, -0.15) is 5.10 Å². The number of aryl methyl sites for hydroxylation is 1. The minimum atomic E-state index is -0.514. The van der Waals surface area contributed by atoms with Gasteiger partial charge in [0.25, 0.3) is 0 Å². The maximum Gasteiger partial charge on any atom is 0.0997 e. The smallest absolute Gasteiger partial charge is 0.0997 e. The number of rotatable bonds is 5. The molecule has 1 heterocycles. The van der Waals surface area contributed by atoms with Gasteiger partial charge in [0.1, 0.15) is 0 Å². The van der Waals surface area contributed by atoms with E-state index in [9.17, 15) is 5.11 Å². The Labute approximate surface area is 96.1 Å². The van der Waals surface area contributed by atoms with Gasteiger partial charge in [-0.25, -0.2) is 0 Å². The molecule has 0 radical (unpaired) electrons. The van der Waals surface area contributed by atoms with Crippen molar-refractivity contribution in [3.63, 3.8) is 0 Å². The first kappa shape index (κ1) is 12.5. The molecule has 0 fully saturated rings. The maximum absolute atomic E-state index is 10.2. The molecule has 0 saturated heterocycles. The zero-order valence-electron chi connectivity index (χ0n) is 9.57. The fraction of sp³-hybridized carbons (Fsp3) is 0.727. The first-order valence-electron chi connectivity index (χ1n) is 5.51. The molecule has 4 heteroatoms. The Morgan fingerprint density at radius 3 is 2.73 bits per heavy atom. The van der Waals surface area contributed by atoms with E-state index in [4.69, 9.17) is 11.6 Å². The number of hydrogen-bond donors (Lipinski definition) is 1. The molecule has 86 valence electrons. The Balaban J connectivity index is 2.88. The maximum atomic E-state index is 10.2. The molecular formula is C11H19ClN2O. The lowest BCUT2D eigenvalue weighted by Gasteiger charge is -2.19. The third-order valence-corrected chi connectivity index (χ3v) is 2.99. The Morgan fingerprint density at radius 1 is 1.53 bits per heavy atom. The number of nitrogens with zero attached hydrogens (tertiary/aromatic N) is 2. The molecule has 0 bridgehead atoms. The summed E-state index contributed by atoms with van der Waals surface area (Å²) in [5.74, 6) is 0.217. The zero-order chi connectivity index (χ0) is 11.4. The highest BCUT2D eigenvalue weighted by molar-refractivity contribution is 6.31. The topological polar surface area (TPSA) is 38.1 Å². The second-order valence-corrected chi connectivity index (χ2v) is 4.31. The van der Waals surface area contributed by atoms with E-state index in [1.165, 1.54) is 0 Å². The highest BCUT2D eigenvalue weighted by Gasteiger charge is 2.22. The lowest BCUT2D eigenvalue weighted by Crippen LogP contribution is -2.15. The van der Waals surface area contributed by atoms with Crippen LogP contribution in [0.1, 0.15) is 45.4 Å². The molecule has 2 atom stereocenters. The summed E-state index contributed by atoms with van der Waals surface area (Å²) in [5, 5.41) is 14.8. The first-order valence-corrected chi connectivity index (χ1v) is 5.88. The standard InChI is InChI=1S/C11H19ClN2O/c1-4-6-8(3)11(15)10-9(12)7-13-14(10)5-2/h7-8,11,15H,4-6H2,1-3H3. The quantitative estimate of drug-likeness (QED) is 0.845. The van der Waals surface area contributed by atoms with Crippen LogP contribution >= 0.6 is 11.6 Å². The van der Waals surface area contributed by atoms with Gasteiger partial charge >= 0.3 is 0 Å². The van der Waals surface area contributed by atoms with Crippen molar-refractivity contribution in [3.8, 4) is 0 Å². The van der Waals surface area contributed by atoms with E-state index in [-0.39, 0.29) is 5.92 Å². The van der Waals surface area contributed by atoms with E-state index >= 15 is 0 Å². The van der Waals surface area contributed by atoms with Crippen LogP contribution in [0.15, 0.2) is 6.20 Å². The molecule has 0 spiro atoms. The van der Waals surface area contributed by atoms with Crippen LogP contribution in [0, 0.1) is 5.92 Å². The van der Waals surface area contributed by atoms with Crippen molar-refractivity contribution < 1.29 is 5.11 Å². The highest BCUT2D eigenvalue weighted by Crippen LogP contribution is 2.30. The molecule has 15 heavy (non-hydrogen) atoms. The molecule has 1 rings (SSSR count). The molecule has 0 aliphatic heterocycles. The predicted octanol–water partition coefficient (Wildman–Crippen LogP) is 3.03. The lowest BCUT2D eigenvalue weighted by molar-refractivity contribution is 0.103. The first-order chi connectivity index (χ1) is 7.11. The number of aliphatic hydroxyl groups is 1. The lowest BCUT2D eigenvalue weighted by atomic mass is 9.97. The van der Waals surface area contributed by atoms with Crippen LogP contribution in [0.3, 0.4) is 0 Å². The third-order valence-electron chi connectivity index (χ3n) is 2.70. The molecule has 1 aromatic rings. The number of aliphatic hydroxyl groups excluding tert-OH is 1. The molecule has 2 unspecified atom stereocenters. The van der Waals surface area contributed by atoms with Crippen LogP contribution in [0.4, 0.5) is 0 Å². The molecule has 0 aliphatic carbocycles. The van der Waals surface area contributed by atoms with E-state index in [1.807, 2.05) is 13.8 Å². The molecule has 3 nitrogen and oxygen atoms in total. The number of hydrogen-bond acceptors (Lipinski definition) is 2. The summed E-state index contributed by atoms with van der Waals surface area (Å²) in [4.78, 5) is 0. The van der Waals surface area contributed by atoms with Gasteiger partial charge < -0.3 is 5.11 Å². The SMILES string of the molecule is CCCC(C)C(O)c1c(Cl)cnn1CC. The van der Waals surface area contributed by atoms with E-state index in [0.29, 0.717) is 5.02 Å². The average Bonchev–Trinajstić information content (AvgIpc) is 2.58. The Hall–Kier alpha value is -0.540. The fourth-order valence-corrected chi connectivity index (χ4v) is 2.05. The van der Waals surface area contributed by atoms with Crippen molar-refractivity contribution >= 4 is 11.6 Å². The van der Waals surface area contributed by atoms with Gasteiger partial charge in [0.2, 0.25) is 0 Å². The van der Waals surface area contributed by atoms with E-state index in [2.05, 4.69) is 12.0 Å². The van der Waals surface area contributed by atoms with Crippen LogP contribution < -0.4 is 0 Å². The summed E-state index contributed by atoms with van der Waals surface area (Å²) in [6.07, 6.45) is 3.14. The summed E-state index contributed by atoms with van der Waals surface area (Å²) in [5.41, 5.74) is 0.750. The third kappa shape index (κ3) is 2.73. The number of halogens is 1. The van der Waals surface area contributed by atoms with Gasteiger partial charge in [-0.05, 0) is 19.3 Å². The van der Waals surface area contributed by atoms with Crippen molar-refractivity contribution in [3.05, 3.63) is 16.9 Å². The van der Waals surface area contributed by atoms with Gasteiger partial charge in [-0.1, -0.05) is 31.9 Å². The summed E-state index contributed by atoms with van der Waals surface area (Å²) >= 11 is 6.02. The normalized spacial score (nSPS) is 15.3. The highest BCUT2D eigenvalue weighted by atomic mass is 35.5. The summed E-state index contributed by atoms with van der Waals surface area (Å²) in [7, 11) is 0. The molecule has 0 saturated carbocycles.